The highest BCUT2D eigenvalue weighted by atomic mass is 19.1. The van der Waals surface area contributed by atoms with Crippen LogP contribution in [-0.2, 0) is 6.42 Å². The SMILES string of the molecule is O=c1cc(CCC2CCNCC2)nc2cc(F)ccn12. The minimum atomic E-state index is -0.368. The summed E-state index contributed by atoms with van der Waals surface area (Å²) in [6, 6.07) is 4.13. The highest BCUT2D eigenvalue weighted by Gasteiger charge is 2.13. The number of rotatable bonds is 3. The lowest BCUT2D eigenvalue weighted by Gasteiger charge is -2.22. The molecule has 2 aromatic heterocycles. The summed E-state index contributed by atoms with van der Waals surface area (Å²) in [5.41, 5.74) is 1.01. The van der Waals surface area contributed by atoms with Crippen LogP contribution in [0.15, 0.2) is 29.2 Å². The zero-order valence-corrected chi connectivity index (χ0v) is 11.3. The second-order valence-corrected chi connectivity index (χ2v) is 5.39. The molecular formula is C15H18FN3O. The third kappa shape index (κ3) is 2.88. The second kappa shape index (κ2) is 5.71. The molecule has 0 radical (unpaired) electrons. The van der Waals surface area contributed by atoms with Gasteiger partial charge < -0.3 is 5.32 Å². The fraction of sp³-hybridized carbons (Fsp3) is 0.467. The van der Waals surface area contributed by atoms with Gasteiger partial charge in [-0.1, -0.05) is 0 Å². The predicted molar refractivity (Wildman–Crippen MR) is 75.3 cm³/mol. The lowest BCUT2D eigenvalue weighted by molar-refractivity contribution is 0.353. The van der Waals surface area contributed by atoms with Gasteiger partial charge in [0, 0.05) is 24.0 Å². The lowest BCUT2D eigenvalue weighted by atomic mass is 9.92. The van der Waals surface area contributed by atoms with E-state index in [0.29, 0.717) is 11.6 Å². The van der Waals surface area contributed by atoms with Gasteiger partial charge in [-0.3, -0.25) is 9.20 Å². The summed E-state index contributed by atoms with van der Waals surface area (Å²) in [7, 11) is 0. The first-order valence-electron chi connectivity index (χ1n) is 7.11. The third-order valence-electron chi connectivity index (χ3n) is 3.95. The number of nitrogens with one attached hydrogen (secondary N) is 1. The Labute approximate surface area is 116 Å². The lowest BCUT2D eigenvalue weighted by Crippen LogP contribution is -2.28. The van der Waals surface area contributed by atoms with Gasteiger partial charge in [-0.25, -0.2) is 9.37 Å². The molecule has 1 fully saturated rings. The molecule has 0 spiro atoms. The van der Waals surface area contributed by atoms with Crippen molar-refractivity contribution in [3.05, 3.63) is 46.3 Å². The molecule has 0 aliphatic carbocycles. The van der Waals surface area contributed by atoms with Gasteiger partial charge in [-0.2, -0.15) is 0 Å². The number of halogens is 1. The number of nitrogens with zero attached hydrogens (tertiary/aromatic N) is 2. The van der Waals surface area contributed by atoms with Crippen molar-refractivity contribution in [2.75, 3.05) is 13.1 Å². The highest BCUT2D eigenvalue weighted by molar-refractivity contribution is 5.38. The predicted octanol–water partition coefficient (Wildman–Crippen LogP) is 1.77. The number of hydrogen-bond donors (Lipinski definition) is 1. The number of aromatic nitrogens is 2. The smallest absolute Gasteiger partial charge is 0.258 e. The van der Waals surface area contributed by atoms with Crippen LogP contribution in [0, 0.1) is 11.7 Å². The van der Waals surface area contributed by atoms with Gasteiger partial charge in [0.25, 0.3) is 5.56 Å². The van der Waals surface area contributed by atoms with Crippen LogP contribution < -0.4 is 10.9 Å². The maximum Gasteiger partial charge on any atom is 0.258 e. The van der Waals surface area contributed by atoms with Crippen molar-refractivity contribution in [3.8, 4) is 0 Å². The Balaban J connectivity index is 1.79. The van der Waals surface area contributed by atoms with Gasteiger partial charge in [-0.15, -0.1) is 0 Å². The van der Waals surface area contributed by atoms with Crippen molar-refractivity contribution in [3.63, 3.8) is 0 Å². The van der Waals surface area contributed by atoms with E-state index in [0.717, 1.165) is 31.6 Å². The molecule has 1 aliphatic rings. The number of fused-ring (bicyclic) bond motifs is 1. The summed E-state index contributed by atoms with van der Waals surface area (Å²) in [5, 5.41) is 3.34. The molecule has 1 saturated heterocycles. The van der Waals surface area contributed by atoms with Gasteiger partial charge in [0.05, 0.1) is 0 Å². The Morgan fingerprint density at radius 3 is 2.95 bits per heavy atom. The van der Waals surface area contributed by atoms with Gasteiger partial charge in [0.2, 0.25) is 0 Å². The fourth-order valence-corrected chi connectivity index (χ4v) is 2.78. The van der Waals surface area contributed by atoms with Gasteiger partial charge in [0.1, 0.15) is 11.5 Å². The number of aryl methyl sites for hydroxylation is 1. The molecule has 106 valence electrons. The first-order chi connectivity index (χ1) is 9.72. The fourth-order valence-electron chi connectivity index (χ4n) is 2.78. The van der Waals surface area contributed by atoms with E-state index in [4.69, 9.17) is 0 Å². The second-order valence-electron chi connectivity index (χ2n) is 5.39. The van der Waals surface area contributed by atoms with Crippen molar-refractivity contribution in [2.45, 2.75) is 25.7 Å². The standard InChI is InChI=1S/C15H18FN3O/c16-12-5-8-19-14(9-12)18-13(10-15(19)20)2-1-11-3-6-17-7-4-11/h5,8-11,17H,1-4,6-7H2. The van der Waals surface area contributed by atoms with E-state index in [-0.39, 0.29) is 11.4 Å². The molecule has 0 atom stereocenters. The number of pyridine rings is 1. The maximum atomic E-state index is 13.2. The molecule has 1 aliphatic heterocycles. The van der Waals surface area contributed by atoms with Crippen LogP contribution in [-0.4, -0.2) is 22.5 Å². The average molecular weight is 275 g/mol. The molecule has 0 unspecified atom stereocenters. The normalized spacial score (nSPS) is 16.6. The zero-order valence-electron chi connectivity index (χ0n) is 11.3. The molecule has 20 heavy (non-hydrogen) atoms. The van der Waals surface area contributed by atoms with E-state index in [9.17, 15) is 9.18 Å². The molecule has 3 rings (SSSR count). The van der Waals surface area contributed by atoms with E-state index in [1.54, 1.807) is 6.07 Å². The molecular weight excluding hydrogens is 257 g/mol. The summed E-state index contributed by atoms with van der Waals surface area (Å²) >= 11 is 0. The van der Waals surface area contributed by atoms with Crippen LogP contribution in [0.4, 0.5) is 4.39 Å². The summed E-state index contributed by atoms with van der Waals surface area (Å²) < 4.78 is 14.6. The van der Waals surface area contributed by atoms with Crippen LogP contribution >= 0.6 is 0 Å². The molecule has 1 N–H and O–H groups in total. The van der Waals surface area contributed by atoms with Gasteiger partial charge in [-0.05, 0) is 50.8 Å². The van der Waals surface area contributed by atoms with Crippen LogP contribution in [0.1, 0.15) is 25.0 Å². The maximum absolute atomic E-state index is 13.2. The molecule has 5 heteroatoms. The summed E-state index contributed by atoms with van der Waals surface area (Å²) in [6.07, 6.45) is 5.62. The molecule has 2 aromatic rings. The van der Waals surface area contributed by atoms with Crippen LogP contribution in [0.25, 0.3) is 5.65 Å². The highest BCUT2D eigenvalue weighted by Crippen LogP contribution is 2.18. The molecule has 0 aromatic carbocycles. The van der Waals surface area contributed by atoms with E-state index < -0.39 is 0 Å². The van der Waals surface area contributed by atoms with Crippen molar-refractivity contribution in [2.24, 2.45) is 5.92 Å². The molecule has 0 bridgehead atoms. The Morgan fingerprint density at radius 1 is 1.35 bits per heavy atom. The Hall–Kier alpha value is -1.75. The summed E-state index contributed by atoms with van der Waals surface area (Å²) in [6.45, 7) is 2.15. The largest absolute Gasteiger partial charge is 0.317 e. The van der Waals surface area contributed by atoms with E-state index in [1.807, 2.05) is 0 Å². The van der Waals surface area contributed by atoms with E-state index in [1.165, 1.54) is 35.6 Å². The summed E-state index contributed by atoms with van der Waals surface area (Å²) in [5.74, 6) is 0.330. The van der Waals surface area contributed by atoms with Crippen LogP contribution in [0.2, 0.25) is 0 Å². The first kappa shape index (κ1) is 13.2. The monoisotopic (exact) mass is 275 g/mol. The van der Waals surface area contributed by atoms with Crippen molar-refractivity contribution in [1.82, 2.24) is 14.7 Å². The zero-order chi connectivity index (χ0) is 13.9. The van der Waals surface area contributed by atoms with E-state index >= 15 is 0 Å². The quantitative estimate of drug-likeness (QED) is 0.928. The number of piperidine rings is 1. The van der Waals surface area contributed by atoms with Gasteiger partial charge >= 0.3 is 0 Å². The van der Waals surface area contributed by atoms with Crippen molar-refractivity contribution in [1.29, 1.82) is 0 Å². The first-order valence-corrected chi connectivity index (χ1v) is 7.11. The Morgan fingerprint density at radius 2 is 2.15 bits per heavy atom. The van der Waals surface area contributed by atoms with Crippen LogP contribution in [0.5, 0.6) is 0 Å². The molecule has 3 heterocycles. The topological polar surface area (TPSA) is 46.4 Å². The van der Waals surface area contributed by atoms with E-state index in [2.05, 4.69) is 10.3 Å². The average Bonchev–Trinajstić information content (AvgIpc) is 2.46. The van der Waals surface area contributed by atoms with Crippen LogP contribution in [0.3, 0.4) is 0 Å². The Kier molecular flexibility index (Phi) is 3.78. The van der Waals surface area contributed by atoms with Crippen molar-refractivity contribution < 1.29 is 4.39 Å². The molecule has 4 nitrogen and oxygen atoms in total. The summed E-state index contributed by atoms with van der Waals surface area (Å²) in [4.78, 5) is 16.3. The third-order valence-corrected chi connectivity index (χ3v) is 3.95. The number of hydrogen-bond acceptors (Lipinski definition) is 3. The van der Waals surface area contributed by atoms with Crippen molar-refractivity contribution >= 4 is 5.65 Å². The molecule has 0 saturated carbocycles. The molecule has 0 amide bonds. The minimum Gasteiger partial charge on any atom is -0.317 e. The minimum absolute atomic E-state index is 0.143. The Bertz CT molecular complexity index is 662. The van der Waals surface area contributed by atoms with Gasteiger partial charge in [0.15, 0.2) is 0 Å².